The van der Waals surface area contributed by atoms with Gasteiger partial charge in [-0.3, -0.25) is 9.80 Å². The fraction of sp³-hybridized carbons (Fsp3) is 0.316. The summed E-state index contributed by atoms with van der Waals surface area (Å²) in [4.78, 5) is 15.7. The fourth-order valence-electron chi connectivity index (χ4n) is 3.87. The average molecular weight is 445 g/mol. The first-order valence-corrected chi connectivity index (χ1v) is 10.9. The summed E-state index contributed by atoms with van der Waals surface area (Å²) < 4.78 is 64.0. The zero-order chi connectivity index (χ0) is 21.1. The second-order valence-electron chi connectivity index (χ2n) is 7.22. The van der Waals surface area contributed by atoms with Crippen molar-refractivity contribution in [1.29, 1.82) is 0 Å². The smallest absolute Gasteiger partial charge is 0.288 e. The van der Waals surface area contributed by atoms with Crippen LogP contribution < -0.4 is 9.80 Å². The molecule has 0 unspecified atom stereocenters. The maximum absolute atomic E-state index is 13.2. The van der Waals surface area contributed by atoms with Gasteiger partial charge < -0.3 is 0 Å². The zero-order valence-corrected chi connectivity index (χ0v) is 16.7. The zero-order valence-electron chi connectivity index (χ0n) is 15.1. The van der Waals surface area contributed by atoms with Gasteiger partial charge in [-0.15, -0.1) is 0 Å². The SMILES string of the molecule is Cc1ccc(N2C(=O)N(c3cccc(C(F)(F)F)c3)[C@H]3CS(=O)(=O)C[C@@H]32)cc1Cl. The van der Waals surface area contributed by atoms with E-state index in [2.05, 4.69) is 0 Å². The Morgan fingerprint density at radius 2 is 1.59 bits per heavy atom. The number of carbonyl (C=O) groups is 1. The highest BCUT2D eigenvalue weighted by molar-refractivity contribution is 7.91. The van der Waals surface area contributed by atoms with Crippen molar-refractivity contribution in [2.45, 2.75) is 25.2 Å². The Morgan fingerprint density at radius 3 is 2.14 bits per heavy atom. The molecule has 0 radical (unpaired) electrons. The first kappa shape index (κ1) is 20.0. The number of sulfone groups is 1. The molecular weight excluding hydrogens is 429 g/mol. The summed E-state index contributed by atoms with van der Waals surface area (Å²) in [7, 11) is -3.46. The highest BCUT2D eigenvalue weighted by Gasteiger charge is 2.54. The number of alkyl halides is 3. The summed E-state index contributed by atoms with van der Waals surface area (Å²) >= 11 is 6.17. The van der Waals surface area contributed by atoms with Crippen LogP contribution in [0.3, 0.4) is 0 Å². The molecule has 2 aliphatic heterocycles. The van der Waals surface area contributed by atoms with Crippen molar-refractivity contribution in [3.8, 4) is 0 Å². The molecule has 5 nitrogen and oxygen atoms in total. The third-order valence-corrected chi connectivity index (χ3v) is 7.36. The van der Waals surface area contributed by atoms with Gasteiger partial charge in [0.25, 0.3) is 0 Å². The Bertz CT molecular complexity index is 1100. The molecule has 0 spiro atoms. The van der Waals surface area contributed by atoms with Crippen molar-refractivity contribution in [2.24, 2.45) is 0 Å². The van der Waals surface area contributed by atoms with Crippen molar-refractivity contribution in [3.05, 3.63) is 58.6 Å². The number of nitrogens with zero attached hydrogens (tertiary/aromatic N) is 2. The van der Waals surface area contributed by atoms with E-state index < -0.39 is 39.7 Å². The molecule has 0 bridgehead atoms. The van der Waals surface area contributed by atoms with Gasteiger partial charge in [0.2, 0.25) is 0 Å². The topological polar surface area (TPSA) is 57.7 Å². The van der Waals surface area contributed by atoms with E-state index in [4.69, 9.17) is 11.6 Å². The van der Waals surface area contributed by atoms with Crippen LogP contribution in [0.1, 0.15) is 11.1 Å². The minimum Gasteiger partial charge on any atom is -0.288 e. The summed E-state index contributed by atoms with van der Waals surface area (Å²) in [6.07, 6.45) is -4.58. The first-order valence-electron chi connectivity index (χ1n) is 8.74. The monoisotopic (exact) mass is 444 g/mol. The molecule has 0 saturated carbocycles. The lowest BCUT2D eigenvalue weighted by Gasteiger charge is -2.23. The van der Waals surface area contributed by atoms with E-state index in [1.807, 2.05) is 0 Å². The predicted octanol–water partition coefficient (Wildman–Crippen LogP) is 4.28. The van der Waals surface area contributed by atoms with Gasteiger partial charge in [0.05, 0.1) is 29.2 Å². The number of hydrogen-bond acceptors (Lipinski definition) is 3. The number of urea groups is 1. The summed E-state index contributed by atoms with van der Waals surface area (Å²) in [5.74, 6) is -0.569. The van der Waals surface area contributed by atoms with E-state index in [9.17, 15) is 26.4 Å². The molecule has 29 heavy (non-hydrogen) atoms. The van der Waals surface area contributed by atoms with Gasteiger partial charge >= 0.3 is 12.2 Å². The van der Waals surface area contributed by atoms with E-state index in [1.165, 1.54) is 17.0 Å². The number of benzene rings is 2. The fourth-order valence-corrected chi connectivity index (χ4v) is 5.97. The second-order valence-corrected chi connectivity index (χ2v) is 9.78. The van der Waals surface area contributed by atoms with Gasteiger partial charge in [0, 0.05) is 16.4 Å². The number of halogens is 4. The lowest BCUT2D eigenvalue weighted by atomic mass is 10.1. The number of hydrogen-bond donors (Lipinski definition) is 0. The molecule has 2 saturated heterocycles. The van der Waals surface area contributed by atoms with Crippen LogP contribution in [0.4, 0.5) is 29.3 Å². The van der Waals surface area contributed by atoms with Gasteiger partial charge in [-0.05, 0) is 42.8 Å². The summed E-state index contributed by atoms with van der Waals surface area (Å²) in [5, 5.41) is 0.408. The molecule has 2 aromatic rings. The van der Waals surface area contributed by atoms with Crippen molar-refractivity contribution < 1.29 is 26.4 Å². The first-order chi connectivity index (χ1) is 13.5. The summed E-state index contributed by atoms with van der Waals surface area (Å²) in [6, 6.07) is 7.21. The maximum Gasteiger partial charge on any atom is 0.416 e. The van der Waals surface area contributed by atoms with Crippen molar-refractivity contribution in [3.63, 3.8) is 0 Å². The molecule has 0 aromatic heterocycles. The summed E-state index contributed by atoms with van der Waals surface area (Å²) in [6.45, 7) is 1.79. The molecule has 0 aliphatic carbocycles. The van der Waals surface area contributed by atoms with Gasteiger partial charge in [0.15, 0.2) is 9.84 Å². The second kappa shape index (κ2) is 6.63. The van der Waals surface area contributed by atoms with E-state index in [-0.39, 0.29) is 17.2 Å². The van der Waals surface area contributed by atoms with Gasteiger partial charge in [-0.25, -0.2) is 13.2 Å². The number of rotatable bonds is 2. The van der Waals surface area contributed by atoms with E-state index in [1.54, 1.807) is 25.1 Å². The number of carbonyl (C=O) groups excluding carboxylic acids is 1. The number of aryl methyl sites for hydroxylation is 1. The van der Waals surface area contributed by atoms with Crippen molar-refractivity contribution in [2.75, 3.05) is 21.3 Å². The molecule has 154 valence electrons. The van der Waals surface area contributed by atoms with E-state index >= 15 is 0 Å². The Kier molecular flexibility index (Phi) is 4.58. The third kappa shape index (κ3) is 3.46. The molecule has 2 aliphatic rings. The lowest BCUT2D eigenvalue weighted by Crippen LogP contribution is -2.38. The van der Waals surface area contributed by atoms with Crippen molar-refractivity contribution >= 4 is 38.8 Å². The lowest BCUT2D eigenvalue weighted by molar-refractivity contribution is -0.137. The molecular formula is C19H16ClF3N2O3S. The summed E-state index contributed by atoms with van der Waals surface area (Å²) in [5.41, 5.74) is 0.300. The minimum atomic E-state index is -4.58. The Labute approximate surface area is 170 Å². The van der Waals surface area contributed by atoms with Crippen LogP contribution in [-0.2, 0) is 16.0 Å². The molecule has 2 fully saturated rings. The number of fused-ring (bicyclic) bond motifs is 1. The Hall–Kier alpha value is -2.26. The molecule has 0 N–H and O–H groups in total. The van der Waals surface area contributed by atoms with Crippen LogP contribution >= 0.6 is 11.6 Å². The minimum absolute atomic E-state index is 0.0117. The van der Waals surface area contributed by atoms with E-state index in [0.717, 1.165) is 22.6 Å². The molecule has 2 aromatic carbocycles. The van der Waals surface area contributed by atoms with Gasteiger partial charge in [-0.1, -0.05) is 23.7 Å². The third-order valence-electron chi connectivity index (χ3n) is 5.25. The Morgan fingerprint density at radius 1 is 1.00 bits per heavy atom. The Balaban J connectivity index is 1.81. The van der Waals surface area contributed by atoms with Crippen LogP contribution in [0, 0.1) is 6.92 Å². The molecule has 2 amide bonds. The van der Waals surface area contributed by atoms with Gasteiger partial charge in [-0.2, -0.15) is 13.2 Å². The standard InChI is InChI=1S/C19H16ClF3N2O3S/c1-11-5-6-14(8-15(11)20)25-17-10-29(27,28)9-16(17)24(18(25)26)13-4-2-3-12(7-13)19(21,22)23/h2-8,16-17H,9-10H2,1H3/t16-,17-/m0/s1. The van der Waals surface area contributed by atoms with Gasteiger partial charge in [0.1, 0.15) is 0 Å². The van der Waals surface area contributed by atoms with Crippen molar-refractivity contribution in [1.82, 2.24) is 0 Å². The maximum atomic E-state index is 13.2. The quantitative estimate of drug-likeness (QED) is 0.650. The molecule has 10 heteroatoms. The van der Waals surface area contributed by atoms with Crippen LogP contribution in [0.5, 0.6) is 0 Å². The largest absolute Gasteiger partial charge is 0.416 e. The number of amides is 2. The van der Waals surface area contributed by atoms with Crippen LogP contribution in [-0.4, -0.2) is 38.0 Å². The highest BCUT2D eigenvalue weighted by atomic mass is 35.5. The van der Waals surface area contributed by atoms with Crippen LogP contribution in [0.15, 0.2) is 42.5 Å². The number of anilines is 2. The molecule has 4 rings (SSSR count). The van der Waals surface area contributed by atoms with Crippen LogP contribution in [0.25, 0.3) is 0 Å². The molecule has 2 heterocycles. The predicted molar refractivity (Wildman–Crippen MR) is 104 cm³/mol. The van der Waals surface area contributed by atoms with Crippen LogP contribution in [0.2, 0.25) is 5.02 Å². The normalized spacial score (nSPS) is 23.6. The molecule has 2 atom stereocenters. The van der Waals surface area contributed by atoms with E-state index in [0.29, 0.717) is 10.7 Å². The highest BCUT2D eigenvalue weighted by Crippen LogP contribution is 2.40. The average Bonchev–Trinajstić information content (AvgIpc) is 3.05.